The molecule has 0 spiro atoms. The number of allylic oxidation sites excluding steroid dienone is 1. The van der Waals surface area contributed by atoms with Gasteiger partial charge < -0.3 is 14.8 Å². The number of esters is 1. The average Bonchev–Trinajstić information content (AvgIpc) is 3.06. The minimum Gasteiger partial charge on any atom is -0.507 e. The van der Waals surface area contributed by atoms with Crippen molar-refractivity contribution in [3.63, 3.8) is 0 Å². The van der Waals surface area contributed by atoms with Crippen LogP contribution in [0.4, 0.5) is 0 Å². The van der Waals surface area contributed by atoms with Crippen molar-refractivity contribution in [3.8, 4) is 6.07 Å². The molecule has 0 fully saturated rings. The number of carbonyl (C=O) groups is 1. The molecule has 3 aromatic rings. The summed E-state index contributed by atoms with van der Waals surface area (Å²) in [7, 11) is 0. The van der Waals surface area contributed by atoms with Crippen LogP contribution in [-0.4, -0.2) is 27.7 Å². The van der Waals surface area contributed by atoms with E-state index < -0.39 is 18.3 Å². The second kappa shape index (κ2) is 7.48. The van der Waals surface area contributed by atoms with Gasteiger partial charge in [-0.2, -0.15) is 5.26 Å². The Morgan fingerprint density at radius 2 is 2.04 bits per heavy atom. The van der Waals surface area contributed by atoms with Crippen LogP contribution in [0, 0.1) is 11.3 Å². The van der Waals surface area contributed by atoms with E-state index in [0.29, 0.717) is 16.1 Å². The maximum atomic E-state index is 12.1. The van der Waals surface area contributed by atoms with Crippen LogP contribution in [-0.2, 0) is 4.74 Å². The summed E-state index contributed by atoms with van der Waals surface area (Å²) in [6, 6.07) is 13.4. The second-order valence-electron chi connectivity index (χ2n) is 5.24. The van der Waals surface area contributed by atoms with Gasteiger partial charge in [-0.05, 0) is 30.3 Å². The van der Waals surface area contributed by atoms with E-state index >= 15 is 0 Å². The van der Waals surface area contributed by atoms with Crippen molar-refractivity contribution in [2.75, 3.05) is 6.61 Å². The van der Waals surface area contributed by atoms with E-state index in [1.54, 1.807) is 18.2 Å². The standard InChI is InChI=1S/C18H11Cl2N3O3/c19-10-5-6-13(20)11(7-10)18(25)26-9-16(24)12(8-21)17-22-14-3-1-2-4-15(14)23-17/h1-7,24H,9H2,(H,22,23). The number of para-hydroxylation sites is 2. The number of H-pyrrole nitrogens is 1. The number of nitriles is 1. The highest BCUT2D eigenvalue weighted by atomic mass is 35.5. The number of ether oxygens (including phenoxy) is 1. The van der Waals surface area contributed by atoms with E-state index in [9.17, 15) is 15.2 Å². The summed E-state index contributed by atoms with van der Waals surface area (Å²) in [5, 5.41) is 20.0. The zero-order chi connectivity index (χ0) is 18.7. The summed E-state index contributed by atoms with van der Waals surface area (Å²) in [6.07, 6.45) is 0. The molecule has 0 atom stereocenters. The zero-order valence-electron chi connectivity index (χ0n) is 13.2. The van der Waals surface area contributed by atoms with Crippen LogP contribution in [0.15, 0.2) is 48.2 Å². The largest absolute Gasteiger partial charge is 0.507 e. The molecule has 0 aliphatic heterocycles. The highest BCUT2D eigenvalue weighted by Crippen LogP contribution is 2.22. The van der Waals surface area contributed by atoms with Crippen molar-refractivity contribution < 1.29 is 14.6 Å². The van der Waals surface area contributed by atoms with Crippen LogP contribution in [0.25, 0.3) is 16.6 Å². The van der Waals surface area contributed by atoms with Crippen LogP contribution in [0.2, 0.25) is 10.0 Å². The molecule has 3 rings (SSSR count). The number of aliphatic hydroxyl groups is 1. The molecule has 1 heterocycles. The van der Waals surface area contributed by atoms with Gasteiger partial charge in [0, 0.05) is 5.02 Å². The lowest BCUT2D eigenvalue weighted by Gasteiger charge is -2.07. The molecule has 0 amide bonds. The predicted octanol–water partition coefficient (Wildman–Crippen LogP) is 4.52. The normalized spacial score (nSPS) is 11.7. The number of hydrogen-bond donors (Lipinski definition) is 2. The quantitative estimate of drug-likeness (QED) is 0.389. The molecule has 8 heteroatoms. The number of aromatic amines is 1. The SMILES string of the molecule is N#CC(=C(O)COC(=O)c1cc(Cl)ccc1Cl)c1nc2ccccc2[nH]1. The van der Waals surface area contributed by atoms with Crippen molar-refractivity contribution in [1.29, 1.82) is 5.26 Å². The van der Waals surface area contributed by atoms with Gasteiger partial charge in [0.1, 0.15) is 18.2 Å². The monoisotopic (exact) mass is 387 g/mol. The van der Waals surface area contributed by atoms with Gasteiger partial charge in [0.25, 0.3) is 0 Å². The van der Waals surface area contributed by atoms with E-state index in [-0.39, 0.29) is 22.0 Å². The minimum atomic E-state index is -0.772. The van der Waals surface area contributed by atoms with E-state index in [0.717, 1.165) is 0 Å². The van der Waals surface area contributed by atoms with Gasteiger partial charge in [0.05, 0.1) is 21.6 Å². The van der Waals surface area contributed by atoms with Crippen LogP contribution in [0.5, 0.6) is 0 Å². The Morgan fingerprint density at radius 1 is 1.27 bits per heavy atom. The summed E-state index contributed by atoms with van der Waals surface area (Å²) >= 11 is 11.8. The van der Waals surface area contributed by atoms with Gasteiger partial charge in [-0.25, -0.2) is 9.78 Å². The van der Waals surface area contributed by atoms with E-state index in [1.165, 1.54) is 18.2 Å². The molecule has 0 radical (unpaired) electrons. The Balaban J connectivity index is 1.82. The van der Waals surface area contributed by atoms with Crippen molar-refractivity contribution in [2.45, 2.75) is 0 Å². The van der Waals surface area contributed by atoms with Crippen molar-refractivity contribution in [3.05, 3.63) is 69.7 Å². The maximum Gasteiger partial charge on any atom is 0.340 e. The minimum absolute atomic E-state index is 0.0641. The smallest absolute Gasteiger partial charge is 0.340 e. The van der Waals surface area contributed by atoms with Gasteiger partial charge in [-0.3, -0.25) is 0 Å². The number of carbonyl (C=O) groups excluding carboxylic acids is 1. The molecular weight excluding hydrogens is 377 g/mol. The molecule has 0 saturated heterocycles. The number of aromatic nitrogens is 2. The summed E-state index contributed by atoms with van der Waals surface area (Å²) in [6.45, 7) is -0.512. The number of aliphatic hydroxyl groups excluding tert-OH is 1. The number of hydrogen-bond acceptors (Lipinski definition) is 5. The number of rotatable bonds is 4. The first-order valence-electron chi connectivity index (χ1n) is 7.39. The fourth-order valence-electron chi connectivity index (χ4n) is 2.26. The Labute approximate surface area is 158 Å². The number of benzene rings is 2. The summed E-state index contributed by atoms with van der Waals surface area (Å²) in [4.78, 5) is 19.3. The first kappa shape index (κ1) is 17.8. The molecule has 2 N–H and O–H groups in total. The average molecular weight is 388 g/mol. The number of nitrogens with one attached hydrogen (secondary N) is 1. The van der Waals surface area contributed by atoms with Crippen LogP contribution in [0.1, 0.15) is 16.2 Å². The Hall–Kier alpha value is -3.01. The topological polar surface area (TPSA) is 99.0 Å². The van der Waals surface area contributed by atoms with Gasteiger partial charge in [-0.15, -0.1) is 0 Å². The first-order chi connectivity index (χ1) is 12.5. The fraction of sp³-hybridized carbons (Fsp3) is 0.0556. The lowest BCUT2D eigenvalue weighted by molar-refractivity contribution is 0.0503. The fourth-order valence-corrected chi connectivity index (χ4v) is 2.63. The van der Waals surface area contributed by atoms with Crippen LogP contribution >= 0.6 is 23.2 Å². The molecule has 6 nitrogen and oxygen atoms in total. The van der Waals surface area contributed by atoms with E-state index in [1.807, 2.05) is 12.1 Å². The van der Waals surface area contributed by atoms with Gasteiger partial charge >= 0.3 is 5.97 Å². The summed E-state index contributed by atoms with van der Waals surface area (Å²) < 4.78 is 5.02. The van der Waals surface area contributed by atoms with Gasteiger partial charge in [0.15, 0.2) is 11.6 Å². The lowest BCUT2D eigenvalue weighted by atomic mass is 10.2. The number of nitrogens with zero attached hydrogens (tertiary/aromatic N) is 2. The van der Waals surface area contributed by atoms with Gasteiger partial charge in [-0.1, -0.05) is 35.3 Å². The first-order valence-corrected chi connectivity index (χ1v) is 8.14. The number of halogens is 2. The molecule has 0 saturated carbocycles. The predicted molar refractivity (Wildman–Crippen MR) is 98.0 cm³/mol. The number of fused-ring (bicyclic) bond motifs is 1. The maximum absolute atomic E-state index is 12.1. The van der Waals surface area contributed by atoms with Crippen molar-refractivity contribution in [1.82, 2.24) is 9.97 Å². The molecule has 2 aromatic carbocycles. The molecule has 1 aromatic heterocycles. The third-order valence-electron chi connectivity index (χ3n) is 3.51. The Morgan fingerprint density at radius 3 is 2.77 bits per heavy atom. The Kier molecular flexibility index (Phi) is 5.12. The summed E-state index contributed by atoms with van der Waals surface area (Å²) in [5.41, 5.74) is 1.30. The zero-order valence-corrected chi connectivity index (χ0v) is 14.7. The third kappa shape index (κ3) is 3.64. The molecule has 0 unspecified atom stereocenters. The molecule has 0 aliphatic rings. The molecular formula is C18H11Cl2N3O3. The lowest BCUT2D eigenvalue weighted by Crippen LogP contribution is -2.10. The molecule has 26 heavy (non-hydrogen) atoms. The van der Waals surface area contributed by atoms with Crippen LogP contribution in [0.3, 0.4) is 0 Å². The highest BCUT2D eigenvalue weighted by Gasteiger charge is 2.17. The van der Waals surface area contributed by atoms with Gasteiger partial charge in [0.2, 0.25) is 0 Å². The summed E-state index contributed by atoms with van der Waals surface area (Å²) in [5.74, 6) is -1.02. The van der Waals surface area contributed by atoms with E-state index in [2.05, 4.69) is 9.97 Å². The van der Waals surface area contributed by atoms with E-state index in [4.69, 9.17) is 27.9 Å². The number of imidazole rings is 1. The molecule has 130 valence electrons. The second-order valence-corrected chi connectivity index (χ2v) is 6.08. The van der Waals surface area contributed by atoms with Crippen molar-refractivity contribution in [2.24, 2.45) is 0 Å². The molecule has 0 bridgehead atoms. The third-order valence-corrected chi connectivity index (χ3v) is 4.08. The molecule has 0 aliphatic carbocycles. The highest BCUT2D eigenvalue weighted by molar-refractivity contribution is 6.35. The Bertz CT molecular complexity index is 1030. The van der Waals surface area contributed by atoms with Crippen LogP contribution < -0.4 is 0 Å². The van der Waals surface area contributed by atoms with Crippen molar-refractivity contribution >= 4 is 45.8 Å².